The van der Waals surface area contributed by atoms with E-state index in [0.717, 1.165) is 99.2 Å². The highest BCUT2D eigenvalue weighted by Gasteiger charge is 2.21. The summed E-state index contributed by atoms with van der Waals surface area (Å²) in [4.78, 5) is 15.6. The van der Waals surface area contributed by atoms with Gasteiger partial charge in [0, 0.05) is 43.7 Å². The van der Waals surface area contributed by atoms with Crippen molar-refractivity contribution in [1.82, 2.24) is 19.5 Å². The molecule has 0 saturated heterocycles. The maximum absolute atomic E-state index is 6.56. The monoisotopic (exact) mass is 730 g/mol. The van der Waals surface area contributed by atoms with Gasteiger partial charge in [0.2, 0.25) is 0 Å². The molecule has 0 aliphatic heterocycles. The zero-order chi connectivity index (χ0) is 37.5. The molecule has 4 heterocycles. The highest BCUT2D eigenvalue weighted by molar-refractivity contribution is 6.23. The first kappa shape index (κ1) is 31.5. The molecule has 0 fully saturated rings. The summed E-state index contributed by atoms with van der Waals surface area (Å²) in [5, 5.41) is 6.51. The molecule has 57 heavy (non-hydrogen) atoms. The number of nitrogens with zero attached hydrogens (tertiary/aromatic N) is 4. The Morgan fingerprint density at radius 1 is 0.351 bits per heavy atom. The van der Waals surface area contributed by atoms with Crippen molar-refractivity contribution >= 4 is 65.7 Å². The summed E-state index contributed by atoms with van der Waals surface area (Å²) in [6.45, 7) is 0. The van der Waals surface area contributed by atoms with Crippen LogP contribution < -0.4 is 0 Å². The van der Waals surface area contributed by atoms with E-state index in [-0.39, 0.29) is 0 Å². The Morgan fingerprint density at radius 3 is 1.70 bits per heavy atom. The lowest BCUT2D eigenvalue weighted by Crippen LogP contribution is -2.01. The van der Waals surface area contributed by atoms with E-state index >= 15 is 0 Å². The fraction of sp³-hybridized carbons (Fsp3) is 0. The normalized spacial score (nSPS) is 11.9. The second kappa shape index (κ2) is 12.3. The van der Waals surface area contributed by atoms with Crippen molar-refractivity contribution < 1.29 is 8.83 Å². The Kier molecular flexibility index (Phi) is 6.83. The van der Waals surface area contributed by atoms with E-state index in [9.17, 15) is 0 Å². The average Bonchev–Trinajstić information content (AvgIpc) is 3.96. The summed E-state index contributed by atoms with van der Waals surface area (Å²) in [5.41, 5.74) is 11.3. The molecule has 6 heteroatoms. The first-order valence-electron chi connectivity index (χ1n) is 19.0. The van der Waals surface area contributed by atoms with E-state index in [0.29, 0.717) is 17.5 Å². The van der Waals surface area contributed by atoms with E-state index in [4.69, 9.17) is 23.8 Å². The van der Waals surface area contributed by atoms with Crippen LogP contribution >= 0.6 is 0 Å². The number of hydrogen-bond acceptors (Lipinski definition) is 5. The topological polar surface area (TPSA) is 69.9 Å². The van der Waals surface area contributed by atoms with Gasteiger partial charge in [0.15, 0.2) is 17.5 Å². The summed E-state index contributed by atoms with van der Waals surface area (Å²) in [7, 11) is 0. The predicted molar refractivity (Wildman–Crippen MR) is 230 cm³/mol. The van der Waals surface area contributed by atoms with E-state index in [1.54, 1.807) is 0 Å². The molecule has 0 aliphatic carbocycles. The third-order valence-corrected chi connectivity index (χ3v) is 11.1. The van der Waals surface area contributed by atoms with Crippen LogP contribution in [-0.4, -0.2) is 19.5 Å². The summed E-state index contributed by atoms with van der Waals surface area (Å²) >= 11 is 0. The molecule has 12 rings (SSSR count). The van der Waals surface area contributed by atoms with Gasteiger partial charge in [0.25, 0.3) is 0 Å². The summed E-state index contributed by atoms with van der Waals surface area (Å²) in [6.07, 6.45) is 0. The standard InChI is InChI=1S/C51H30N4O2/c1-2-13-31(14-3-1)32-15-10-16-33(29-32)49-52-50(54-51(53-49)41-23-12-22-38-36-19-5-8-25-44(36)56-47(38)41)34-17-11-18-35(30-34)55-42-24-7-4-21-40(42)46-43(55)28-27-39-37-20-6-9-26-45(37)57-48(39)46/h1-30H. The zero-order valence-electron chi connectivity index (χ0n) is 30.4. The van der Waals surface area contributed by atoms with Crippen LogP contribution in [-0.2, 0) is 0 Å². The molecule has 0 amide bonds. The fourth-order valence-electron chi connectivity index (χ4n) is 8.44. The molecular formula is C51H30N4O2. The van der Waals surface area contributed by atoms with Gasteiger partial charge in [-0.15, -0.1) is 0 Å². The van der Waals surface area contributed by atoms with Gasteiger partial charge in [-0.3, -0.25) is 0 Å². The maximum Gasteiger partial charge on any atom is 0.167 e. The lowest BCUT2D eigenvalue weighted by molar-refractivity contribution is 0.669. The maximum atomic E-state index is 6.56. The molecule has 0 spiro atoms. The number of furan rings is 2. The highest BCUT2D eigenvalue weighted by atomic mass is 16.3. The second-order valence-corrected chi connectivity index (χ2v) is 14.4. The number of rotatable bonds is 5. The highest BCUT2D eigenvalue weighted by Crippen LogP contribution is 2.41. The largest absolute Gasteiger partial charge is 0.455 e. The second-order valence-electron chi connectivity index (χ2n) is 14.4. The van der Waals surface area contributed by atoms with Crippen LogP contribution in [0.3, 0.4) is 0 Å². The van der Waals surface area contributed by atoms with Crippen molar-refractivity contribution in [2.75, 3.05) is 0 Å². The van der Waals surface area contributed by atoms with Crippen LogP contribution in [0.25, 0.3) is 117 Å². The third kappa shape index (κ3) is 4.94. The molecule has 0 N–H and O–H groups in total. The van der Waals surface area contributed by atoms with Crippen molar-refractivity contribution in [2.45, 2.75) is 0 Å². The summed E-state index contributed by atoms with van der Waals surface area (Å²) in [6, 6.07) is 62.6. The van der Waals surface area contributed by atoms with Gasteiger partial charge < -0.3 is 13.4 Å². The minimum Gasteiger partial charge on any atom is -0.455 e. The van der Waals surface area contributed by atoms with Gasteiger partial charge >= 0.3 is 0 Å². The minimum atomic E-state index is 0.541. The number of benzene rings is 8. The van der Waals surface area contributed by atoms with Crippen LogP contribution in [0, 0.1) is 0 Å². The molecule has 0 saturated carbocycles. The first-order chi connectivity index (χ1) is 28.2. The smallest absolute Gasteiger partial charge is 0.167 e. The predicted octanol–water partition coefficient (Wildman–Crippen LogP) is 13.4. The Bertz CT molecular complexity index is 3540. The Hall–Kier alpha value is -7.83. The Labute approximate surface area is 325 Å². The van der Waals surface area contributed by atoms with Crippen molar-refractivity contribution in [3.8, 4) is 51.0 Å². The molecule has 266 valence electrons. The van der Waals surface area contributed by atoms with Gasteiger partial charge in [-0.25, -0.2) is 15.0 Å². The zero-order valence-corrected chi connectivity index (χ0v) is 30.4. The fourth-order valence-corrected chi connectivity index (χ4v) is 8.44. The van der Waals surface area contributed by atoms with Crippen molar-refractivity contribution in [3.63, 3.8) is 0 Å². The molecule has 0 atom stereocenters. The van der Waals surface area contributed by atoms with Crippen molar-refractivity contribution in [2.24, 2.45) is 0 Å². The van der Waals surface area contributed by atoms with E-state index < -0.39 is 0 Å². The Balaban J connectivity index is 1.08. The van der Waals surface area contributed by atoms with Crippen LogP contribution in [0.1, 0.15) is 0 Å². The molecule has 8 aromatic carbocycles. The molecule has 12 aromatic rings. The number of fused-ring (bicyclic) bond motifs is 10. The van der Waals surface area contributed by atoms with E-state index in [2.05, 4.69) is 138 Å². The third-order valence-electron chi connectivity index (χ3n) is 11.1. The summed E-state index contributed by atoms with van der Waals surface area (Å²) in [5.74, 6) is 1.69. The number of aromatic nitrogens is 4. The van der Waals surface area contributed by atoms with Gasteiger partial charge in [0.1, 0.15) is 22.3 Å². The van der Waals surface area contributed by atoms with Gasteiger partial charge in [-0.2, -0.15) is 0 Å². The van der Waals surface area contributed by atoms with E-state index in [1.807, 2.05) is 48.5 Å². The van der Waals surface area contributed by atoms with Gasteiger partial charge in [-0.1, -0.05) is 127 Å². The van der Waals surface area contributed by atoms with Crippen LogP contribution in [0.15, 0.2) is 191 Å². The van der Waals surface area contributed by atoms with Crippen LogP contribution in [0.4, 0.5) is 0 Å². The lowest BCUT2D eigenvalue weighted by atomic mass is 10.0. The number of hydrogen-bond donors (Lipinski definition) is 0. The summed E-state index contributed by atoms with van der Waals surface area (Å²) < 4.78 is 15.4. The molecule has 0 aliphatic rings. The quantitative estimate of drug-likeness (QED) is 0.176. The molecule has 0 radical (unpaired) electrons. The molecule has 4 aromatic heterocycles. The van der Waals surface area contributed by atoms with Crippen molar-refractivity contribution in [1.29, 1.82) is 0 Å². The Morgan fingerprint density at radius 2 is 0.912 bits per heavy atom. The van der Waals surface area contributed by atoms with Gasteiger partial charge in [-0.05, 0) is 65.7 Å². The first-order valence-corrected chi connectivity index (χ1v) is 19.0. The minimum absolute atomic E-state index is 0.541. The van der Waals surface area contributed by atoms with Gasteiger partial charge in [0.05, 0.1) is 22.0 Å². The lowest BCUT2D eigenvalue weighted by Gasteiger charge is -2.12. The van der Waals surface area contributed by atoms with E-state index in [1.165, 1.54) is 0 Å². The van der Waals surface area contributed by atoms with Crippen LogP contribution in [0.5, 0.6) is 0 Å². The van der Waals surface area contributed by atoms with Crippen molar-refractivity contribution in [3.05, 3.63) is 182 Å². The average molecular weight is 731 g/mol. The molecular weight excluding hydrogens is 701 g/mol. The molecule has 6 nitrogen and oxygen atoms in total. The van der Waals surface area contributed by atoms with Crippen LogP contribution in [0.2, 0.25) is 0 Å². The SMILES string of the molecule is c1ccc(-c2cccc(-c3nc(-c4cccc(-n5c6ccccc6c6c7oc8ccccc8c7ccc65)c4)nc(-c4cccc5c4oc4ccccc45)n3)c2)cc1. The molecule has 0 unspecified atom stereocenters. The molecule has 0 bridgehead atoms. The number of para-hydroxylation sites is 4.